The Hall–Kier alpha value is -1.52. The molecule has 0 aromatic heterocycles. The molecule has 0 aliphatic heterocycles. The minimum atomic E-state index is -1.04. The van der Waals surface area contributed by atoms with Gasteiger partial charge >= 0.3 is 12.1 Å². The second kappa shape index (κ2) is 6.93. The van der Waals surface area contributed by atoms with Crippen LogP contribution in [-0.4, -0.2) is 41.8 Å². The molecule has 0 aromatic carbocycles. The number of nitrogens with zero attached hydrogens (tertiary/aromatic N) is 1. The normalized spacial score (nSPS) is 22.1. The lowest BCUT2D eigenvalue weighted by molar-refractivity contribution is -0.137. The number of aliphatic carboxylic acids is 1. The van der Waals surface area contributed by atoms with Gasteiger partial charge in [0.25, 0.3) is 0 Å². The minimum Gasteiger partial charge on any atom is -0.480 e. The van der Waals surface area contributed by atoms with Crippen molar-refractivity contribution in [2.24, 2.45) is 0 Å². The highest BCUT2D eigenvalue weighted by Gasteiger charge is 2.17. The van der Waals surface area contributed by atoms with E-state index in [1.807, 2.05) is 12.2 Å². The van der Waals surface area contributed by atoms with Crippen LogP contribution in [0.3, 0.4) is 0 Å². The Morgan fingerprint density at radius 3 is 2.88 bits per heavy atom. The maximum Gasteiger partial charge on any atom is 0.410 e. The molecule has 5 heteroatoms. The van der Waals surface area contributed by atoms with Crippen molar-refractivity contribution in [3.8, 4) is 0 Å². The van der Waals surface area contributed by atoms with Gasteiger partial charge in [0.05, 0.1) is 0 Å². The first-order valence-electron chi connectivity index (χ1n) is 5.90. The maximum atomic E-state index is 11.6. The zero-order chi connectivity index (χ0) is 12.7. The van der Waals surface area contributed by atoms with Gasteiger partial charge in [0.1, 0.15) is 12.6 Å². The van der Waals surface area contributed by atoms with Gasteiger partial charge in [-0.2, -0.15) is 0 Å². The summed E-state index contributed by atoms with van der Waals surface area (Å²) >= 11 is 0. The van der Waals surface area contributed by atoms with Crippen molar-refractivity contribution in [2.45, 2.75) is 38.2 Å². The number of hydrogen-bond donors (Lipinski definition) is 1. The van der Waals surface area contributed by atoms with Crippen LogP contribution in [0.2, 0.25) is 0 Å². The first kappa shape index (κ1) is 13.5. The number of carbonyl (C=O) groups is 2. The number of ether oxygens (including phenoxy) is 1. The van der Waals surface area contributed by atoms with E-state index in [1.54, 1.807) is 0 Å². The highest BCUT2D eigenvalue weighted by molar-refractivity contribution is 5.76. The van der Waals surface area contributed by atoms with E-state index >= 15 is 0 Å². The van der Waals surface area contributed by atoms with Crippen LogP contribution in [0, 0.1) is 0 Å². The molecule has 0 aromatic rings. The van der Waals surface area contributed by atoms with Crippen molar-refractivity contribution >= 4 is 12.1 Å². The van der Waals surface area contributed by atoms with Gasteiger partial charge in [-0.3, -0.25) is 4.79 Å². The molecule has 5 nitrogen and oxygen atoms in total. The Labute approximate surface area is 101 Å². The van der Waals surface area contributed by atoms with E-state index in [1.165, 1.54) is 13.5 Å². The summed E-state index contributed by atoms with van der Waals surface area (Å²) in [6.07, 6.45) is 8.29. The smallest absolute Gasteiger partial charge is 0.410 e. The van der Waals surface area contributed by atoms with Crippen LogP contribution in [0.1, 0.15) is 32.1 Å². The van der Waals surface area contributed by atoms with E-state index in [9.17, 15) is 9.59 Å². The zero-order valence-corrected chi connectivity index (χ0v) is 10.1. The quantitative estimate of drug-likeness (QED) is 0.768. The molecule has 1 aliphatic rings. The first-order chi connectivity index (χ1) is 8.09. The number of carboxylic acids is 1. The number of likely N-dealkylation sites (N-methyl/N-ethyl adjacent to an activating group) is 1. The van der Waals surface area contributed by atoms with E-state index in [4.69, 9.17) is 9.84 Å². The van der Waals surface area contributed by atoms with E-state index in [0.717, 1.165) is 30.6 Å². The standard InChI is InChI=1S/C12H19NO4/c1-13(9-11(14)15)12(16)17-10-7-5-3-2-4-6-8-10/h5,7,10H,2-4,6,8-9H2,1H3,(H,14,15)/b7-5-. The van der Waals surface area contributed by atoms with E-state index < -0.39 is 12.1 Å². The first-order valence-corrected chi connectivity index (χ1v) is 5.90. The number of hydrogen-bond acceptors (Lipinski definition) is 3. The van der Waals surface area contributed by atoms with Crippen molar-refractivity contribution in [1.82, 2.24) is 4.90 Å². The van der Waals surface area contributed by atoms with Gasteiger partial charge in [-0.05, 0) is 31.8 Å². The average molecular weight is 241 g/mol. The summed E-state index contributed by atoms with van der Waals surface area (Å²) in [6.45, 7) is -0.338. The highest BCUT2D eigenvalue weighted by Crippen LogP contribution is 2.14. The number of amides is 1. The summed E-state index contributed by atoms with van der Waals surface area (Å²) in [7, 11) is 1.42. The molecule has 0 saturated carbocycles. The third kappa shape index (κ3) is 5.38. The van der Waals surface area contributed by atoms with Crippen molar-refractivity contribution in [3.05, 3.63) is 12.2 Å². The Balaban J connectivity index is 2.42. The molecular weight excluding hydrogens is 222 g/mol. The molecule has 0 saturated heterocycles. The monoisotopic (exact) mass is 241 g/mol. The molecule has 1 atom stereocenters. The van der Waals surface area contributed by atoms with Crippen LogP contribution in [-0.2, 0) is 9.53 Å². The number of rotatable bonds is 3. The lowest BCUT2D eigenvalue weighted by Gasteiger charge is -2.20. The van der Waals surface area contributed by atoms with Gasteiger partial charge in [0.2, 0.25) is 0 Å². The third-order valence-electron chi connectivity index (χ3n) is 2.65. The minimum absolute atomic E-state index is 0.223. The fraction of sp³-hybridized carbons (Fsp3) is 0.667. The van der Waals surface area contributed by atoms with Gasteiger partial charge in [0.15, 0.2) is 0 Å². The number of carboxylic acid groups (broad SMARTS) is 1. The Bertz CT molecular complexity index is 301. The molecule has 1 amide bonds. The average Bonchev–Trinajstić information content (AvgIpc) is 2.20. The van der Waals surface area contributed by atoms with Gasteiger partial charge in [-0.25, -0.2) is 4.79 Å². The van der Waals surface area contributed by atoms with Crippen LogP contribution in [0.15, 0.2) is 12.2 Å². The molecule has 0 spiro atoms. The van der Waals surface area contributed by atoms with Crippen molar-refractivity contribution in [2.75, 3.05) is 13.6 Å². The predicted molar refractivity (Wildman–Crippen MR) is 62.8 cm³/mol. The molecule has 0 radical (unpaired) electrons. The lowest BCUT2D eigenvalue weighted by Crippen LogP contribution is -2.34. The van der Waals surface area contributed by atoms with Gasteiger partial charge in [-0.1, -0.05) is 12.5 Å². The third-order valence-corrected chi connectivity index (χ3v) is 2.65. The van der Waals surface area contributed by atoms with Crippen molar-refractivity contribution in [3.63, 3.8) is 0 Å². The summed E-state index contributed by atoms with van der Waals surface area (Å²) in [4.78, 5) is 23.1. The summed E-state index contributed by atoms with van der Waals surface area (Å²) in [6, 6.07) is 0. The predicted octanol–water partition coefficient (Wildman–Crippen LogP) is 2.03. The van der Waals surface area contributed by atoms with Crippen LogP contribution in [0.5, 0.6) is 0 Å². The molecule has 0 bridgehead atoms. The summed E-state index contributed by atoms with van der Waals surface area (Å²) in [5.41, 5.74) is 0. The van der Waals surface area contributed by atoms with Crippen LogP contribution < -0.4 is 0 Å². The molecular formula is C12H19NO4. The van der Waals surface area contributed by atoms with E-state index in [2.05, 4.69) is 0 Å². The van der Waals surface area contributed by atoms with E-state index in [0.29, 0.717) is 0 Å². The van der Waals surface area contributed by atoms with Crippen molar-refractivity contribution < 1.29 is 19.4 Å². The molecule has 17 heavy (non-hydrogen) atoms. The number of carbonyl (C=O) groups excluding carboxylic acids is 1. The summed E-state index contributed by atoms with van der Waals surface area (Å²) in [5, 5.41) is 8.56. The fourth-order valence-electron chi connectivity index (χ4n) is 1.71. The Morgan fingerprint density at radius 1 is 1.41 bits per heavy atom. The molecule has 1 aliphatic carbocycles. The topological polar surface area (TPSA) is 66.8 Å². The van der Waals surface area contributed by atoms with Crippen LogP contribution in [0.25, 0.3) is 0 Å². The SMILES string of the molecule is CN(CC(=O)O)C(=O)OC1/C=C\CCCCC1. The van der Waals surface area contributed by atoms with Gasteiger partial charge in [0, 0.05) is 7.05 Å². The second-order valence-electron chi connectivity index (χ2n) is 4.24. The lowest BCUT2D eigenvalue weighted by atomic mass is 10.0. The maximum absolute atomic E-state index is 11.6. The number of allylic oxidation sites excluding steroid dienone is 1. The fourth-order valence-corrected chi connectivity index (χ4v) is 1.71. The molecule has 0 heterocycles. The molecule has 1 N–H and O–H groups in total. The second-order valence-corrected chi connectivity index (χ2v) is 4.24. The zero-order valence-electron chi connectivity index (χ0n) is 10.1. The highest BCUT2D eigenvalue weighted by atomic mass is 16.6. The summed E-state index contributed by atoms with van der Waals surface area (Å²) in [5.74, 6) is -1.04. The van der Waals surface area contributed by atoms with Crippen LogP contribution >= 0.6 is 0 Å². The molecule has 96 valence electrons. The van der Waals surface area contributed by atoms with E-state index in [-0.39, 0.29) is 12.6 Å². The summed E-state index contributed by atoms with van der Waals surface area (Å²) < 4.78 is 5.23. The molecule has 1 rings (SSSR count). The largest absolute Gasteiger partial charge is 0.480 e. The van der Waals surface area contributed by atoms with Gasteiger partial charge < -0.3 is 14.7 Å². The molecule has 1 unspecified atom stereocenters. The Kier molecular flexibility index (Phi) is 5.52. The Morgan fingerprint density at radius 2 is 2.18 bits per heavy atom. The molecule has 0 fully saturated rings. The van der Waals surface area contributed by atoms with Gasteiger partial charge in [-0.15, -0.1) is 0 Å². The van der Waals surface area contributed by atoms with Crippen LogP contribution in [0.4, 0.5) is 4.79 Å². The van der Waals surface area contributed by atoms with Crippen molar-refractivity contribution in [1.29, 1.82) is 0 Å².